The van der Waals surface area contributed by atoms with Gasteiger partial charge in [0, 0.05) is 21.7 Å². The van der Waals surface area contributed by atoms with Gasteiger partial charge in [-0.3, -0.25) is 11.3 Å². The minimum absolute atomic E-state index is 0. The van der Waals surface area contributed by atoms with Crippen LogP contribution in [0.5, 0.6) is 0 Å². The molecule has 0 aromatic carbocycles. The molecule has 0 atom stereocenters. The molecule has 5 nitrogen and oxygen atoms in total. The van der Waals surface area contributed by atoms with Crippen LogP contribution in [-0.4, -0.2) is 35.0 Å². The van der Waals surface area contributed by atoms with Crippen molar-refractivity contribution in [1.82, 2.24) is 10.9 Å². The van der Waals surface area contributed by atoms with Crippen LogP contribution < -0.4 is 16.7 Å². The summed E-state index contributed by atoms with van der Waals surface area (Å²) in [5.41, 5.74) is 4.84. The number of nitrogens with two attached hydrogens (primary N) is 1. The Bertz CT molecular complexity index is 81.7. The second-order valence-electron chi connectivity index (χ2n) is 1.14. The number of carbonyl (C=O) groups is 1. The SMILES string of the molecule is C.C.C/C=N/NC.CC=O.CNN.[B]. The summed E-state index contributed by atoms with van der Waals surface area (Å²) in [7, 11) is 3.42. The molecule has 87 valence electrons. The normalized spacial score (nSPS) is 5.50. The summed E-state index contributed by atoms with van der Waals surface area (Å²) in [5.74, 6) is 4.60. The van der Waals surface area contributed by atoms with E-state index in [9.17, 15) is 0 Å². The molecule has 0 rings (SSSR count). The maximum Gasteiger partial charge on any atom is 0.116 e. The Morgan fingerprint density at radius 2 is 1.43 bits per heavy atom. The second kappa shape index (κ2) is 88.2. The van der Waals surface area contributed by atoms with Gasteiger partial charge in [0.1, 0.15) is 6.29 Å². The van der Waals surface area contributed by atoms with Gasteiger partial charge in [-0.2, -0.15) is 5.10 Å². The van der Waals surface area contributed by atoms with Crippen LogP contribution in [0.25, 0.3) is 0 Å². The van der Waals surface area contributed by atoms with Gasteiger partial charge in [0.15, 0.2) is 0 Å². The third kappa shape index (κ3) is 901. The third-order valence-electron chi connectivity index (χ3n) is 0.258. The van der Waals surface area contributed by atoms with Crippen LogP contribution in [0.4, 0.5) is 0 Å². The molecule has 0 unspecified atom stereocenters. The fourth-order valence-electron chi connectivity index (χ4n) is 0.129. The first-order valence-electron chi connectivity index (χ1n) is 3.16. The minimum Gasteiger partial charge on any atom is -0.313 e. The van der Waals surface area contributed by atoms with Crippen molar-refractivity contribution in [3.8, 4) is 0 Å². The molecule has 0 aliphatic heterocycles. The van der Waals surface area contributed by atoms with E-state index in [0.29, 0.717) is 0 Å². The summed E-state index contributed by atoms with van der Waals surface area (Å²) in [4.78, 5) is 8.81. The van der Waals surface area contributed by atoms with E-state index in [0.717, 1.165) is 6.29 Å². The van der Waals surface area contributed by atoms with Gasteiger partial charge in [-0.25, -0.2) is 0 Å². The maximum atomic E-state index is 8.81. The first-order chi connectivity index (χ1) is 5.24. The zero-order valence-corrected chi connectivity index (χ0v) is 8.16. The lowest BCUT2D eigenvalue weighted by molar-refractivity contribution is -0.106. The zero-order valence-electron chi connectivity index (χ0n) is 8.16. The van der Waals surface area contributed by atoms with Gasteiger partial charge in [-0.15, -0.1) is 0 Å². The Labute approximate surface area is 91.1 Å². The van der Waals surface area contributed by atoms with E-state index in [1.165, 1.54) is 6.92 Å². The van der Waals surface area contributed by atoms with Crippen molar-refractivity contribution in [3.63, 3.8) is 0 Å². The molecule has 6 heteroatoms. The Balaban J connectivity index is -0.0000000162. The number of hydrogen-bond acceptors (Lipinski definition) is 5. The number of carbonyl (C=O) groups excluding carboxylic acids is 1. The van der Waals surface area contributed by atoms with Crippen molar-refractivity contribution < 1.29 is 4.79 Å². The maximum absolute atomic E-state index is 8.81. The average Bonchev–Trinajstić information content (AvgIpc) is 1.92. The fourth-order valence-corrected chi connectivity index (χ4v) is 0.129. The summed E-state index contributed by atoms with van der Waals surface area (Å²) >= 11 is 0. The predicted octanol–water partition coefficient (Wildman–Crippen LogP) is 0.388. The Hall–Kier alpha value is -0.875. The van der Waals surface area contributed by atoms with Gasteiger partial charge in [0.05, 0.1) is 0 Å². The Morgan fingerprint density at radius 1 is 1.21 bits per heavy atom. The molecule has 3 radical (unpaired) electrons. The van der Waals surface area contributed by atoms with E-state index in [1.54, 1.807) is 20.3 Å². The van der Waals surface area contributed by atoms with Gasteiger partial charge in [-0.1, -0.05) is 14.9 Å². The molecule has 0 saturated heterocycles. The van der Waals surface area contributed by atoms with E-state index >= 15 is 0 Å². The van der Waals surface area contributed by atoms with Crippen LogP contribution in [0, 0.1) is 0 Å². The number of nitrogens with one attached hydrogen (secondary N) is 2. The van der Waals surface area contributed by atoms with Crippen molar-refractivity contribution in [1.29, 1.82) is 0 Å². The summed E-state index contributed by atoms with van der Waals surface area (Å²) in [6.45, 7) is 3.30. The number of nitrogens with zero attached hydrogens (tertiary/aromatic N) is 1. The second-order valence-corrected chi connectivity index (χ2v) is 1.14. The van der Waals surface area contributed by atoms with Crippen LogP contribution in [0.15, 0.2) is 5.10 Å². The predicted molar refractivity (Wildman–Crippen MR) is 67.4 cm³/mol. The van der Waals surface area contributed by atoms with E-state index < -0.39 is 0 Å². The molecule has 0 saturated carbocycles. The molecule has 0 aromatic heterocycles. The molecule has 14 heavy (non-hydrogen) atoms. The van der Waals surface area contributed by atoms with Gasteiger partial charge >= 0.3 is 0 Å². The van der Waals surface area contributed by atoms with Crippen LogP contribution in [-0.2, 0) is 4.79 Å². The summed E-state index contributed by atoms with van der Waals surface area (Å²) in [5, 5.41) is 3.60. The van der Waals surface area contributed by atoms with E-state index in [2.05, 4.69) is 21.8 Å². The molecule has 0 heterocycles. The smallest absolute Gasteiger partial charge is 0.116 e. The topological polar surface area (TPSA) is 79.5 Å². The molecule has 0 fully saturated rings. The molecule has 0 aliphatic carbocycles. The molecular weight excluding hydrogens is 179 g/mol. The highest BCUT2D eigenvalue weighted by atomic mass is 16.1. The van der Waals surface area contributed by atoms with Crippen LogP contribution in [0.2, 0.25) is 0 Å². The van der Waals surface area contributed by atoms with Crippen molar-refractivity contribution in [2.45, 2.75) is 28.7 Å². The summed E-state index contributed by atoms with van der Waals surface area (Å²) < 4.78 is 0. The van der Waals surface area contributed by atoms with Crippen molar-refractivity contribution in [2.24, 2.45) is 10.9 Å². The molecule has 4 N–H and O–H groups in total. The van der Waals surface area contributed by atoms with Crippen LogP contribution in [0.1, 0.15) is 28.7 Å². The first-order valence-corrected chi connectivity index (χ1v) is 3.16. The van der Waals surface area contributed by atoms with Gasteiger partial charge in [-0.05, 0) is 20.9 Å². The number of rotatable bonds is 1. The van der Waals surface area contributed by atoms with Crippen molar-refractivity contribution in [2.75, 3.05) is 14.1 Å². The molecule has 0 bridgehead atoms. The summed E-state index contributed by atoms with van der Waals surface area (Å²) in [6.07, 6.45) is 2.44. The Morgan fingerprint density at radius 3 is 1.43 bits per heavy atom. The summed E-state index contributed by atoms with van der Waals surface area (Å²) in [6, 6.07) is 0. The molecule has 0 spiro atoms. The third-order valence-corrected chi connectivity index (χ3v) is 0.258. The quantitative estimate of drug-likeness (QED) is 0.190. The highest BCUT2D eigenvalue weighted by Gasteiger charge is 1.44. The zero-order chi connectivity index (χ0) is 9.54. The molecule has 0 aromatic rings. The minimum atomic E-state index is 0. The van der Waals surface area contributed by atoms with Crippen molar-refractivity contribution in [3.05, 3.63) is 0 Å². The van der Waals surface area contributed by atoms with E-state index in [-0.39, 0.29) is 23.3 Å². The number of hydrazone groups is 1. The van der Waals surface area contributed by atoms with E-state index in [4.69, 9.17) is 4.79 Å². The van der Waals surface area contributed by atoms with Crippen LogP contribution >= 0.6 is 0 Å². The van der Waals surface area contributed by atoms with Crippen molar-refractivity contribution >= 4 is 20.9 Å². The average molecular weight is 205 g/mol. The molecule has 0 amide bonds. The first kappa shape index (κ1) is 38.0. The van der Waals surface area contributed by atoms with Gasteiger partial charge in [0.25, 0.3) is 0 Å². The largest absolute Gasteiger partial charge is 0.313 e. The van der Waals surface area contributed by atoms with Crippen LogP contribution in [0.3, 0.4) is 0 Å². The monoisotopic (exact) mass is 205 g/mol. The van der Waals surface area contributed by atoms with Gasteiger partial charge in [0.2, 0.25) is 0 Å². The van der Waals surface area contributed by atoms with Gasteiger partial charge < -0.3 is 10.2 Å². The number of aldehydes is 1. The standard InChI is InChI=1S/C3H8N2.C2H4O.CH6N2.2CH4.B/c1-3-5-4-2;1-2-3;1-3-2;;;/h3-4H,1-2H3;2H,1H3;3H,2H2,1H3;2*1H4;/b5-3+;;;;;. The molecular formula is C8H26BN4O. The fraction of sp³-hybridized carbons (Fsp3) is 0.750. The number of hydrogen-bond donors (Lipinski definition) is 3. The molecule has 0 aliphatic rings. The van der Waals surface area contributed by atoms with E-state index in [1.807, 2.05) is 6.92 Å². The Kier molecular flexibility index (Phi) is 239. The lowest BCUT2D eigenvalue weighted by Gasteiger charge is -1.75. The lowest BCUT2D eigenvalue weighted by Crippen LogP contribution is -2.13. The number of hydrazine groups is 1. The highest BCUT2D eigenvalue weighted by molar-refractivity contribution is 5.75. The highest BCUT2D eigenvalue weighted by Crippen LogP contribution is 1.41. The lowest BCUT2D eigenvalue weighted by atomic mass is 10.8.